The molecule has 0 aliphatic carbocycles. The quantitative estimate of drug-likeness (QED) is 0.441. The summed E-state index contributed by atoms with van der Waals surface area (Å²) in [5.41, 5.74) is 9.78. The van der Waals surface area contributed by atoms with Crippen molar-refractivity contribution in [2.75, 3.05) is 13.1 Å². The fraction of sp³-hybridized carbons (Fsp3) is 0.577. The van der Waals surface area contributed by atoms with Gasteiger partial charge < -0.3 is 4.57 Å². The SMILES string of the molecule is CC.CC.CC.CC=C=C1Cn2c3c(c4ccccc42)CCN2CCCC1C32. The topological polar surface area (TPSA) is 8.17 Å². The van der Waals surface area contributed by atoms with Crippen molar-refractivity contribution in [3.63, 3.8) is 0 Å². The van der Waals surface area contributed by atoms with Crippen LogP contribution in [0.2, 0.25) is 0 Å². The highest BCUT2D eigenvalue weighted by atomic mass is 15.2. The van der Waals surface area contributed by atoms with E-state index in [0.29, 0.717) is 12.0 Å². The smallest absolute Gasteiger partial charge is 0.0576 e. The molecular formula is C26H40N2. The molecule has 0 bridgehead atoms. The molecule has 1 aromatic carbocycles. The molecule has 2 aromatic rings. The molecule has 0 amide bonds. The number of fused-ring (bicyclic) bond motifs is 3. The predicted octanol–water partition coefficient (Wildman–Crippen LogP) is 7.14. The van der Waals surface area contributed by atoms with E-state index in [0.717, 1.165) is 6.54 Å². The average Bonchev–Trinajstić information content (AvgIpc) is 3.12. The van der Waals surface area contributed by atoms with Crippen LogP contribution in [0.4, 0.5) is 0 Å². The fourth-order valence-corrected chi connectivity index (χ4v) is 5.09. The van der Waals surface area contributed by atoms with E-state index in [9.17, 15) is 0 Å². The maximum absolute atomic E-state index is 3.59. The highest BCUT2D eigenvalue weighted by molar-refractivity contribution is 5.86. The minimum atomic E-state index is 0.598. The van der Waals surface area contributed by atoms with Crippen LogP contribution < -0.4 is 0 Å². The molecule has 28 heavy (non-hydrogen) atoms. The lowest BCUT2D eigenvalue weighted by Gasteiger charge is -2.48. The third-order valence-electron chi connectivity index (χ3n) is 5.89. The maximum atomic E-state index is 3.59. The summed E-state index contributed by atoms with van der Waals surface area (Å²) in [4.78, 5) is 2.74. The first kappa shape index (κ1) is 22.5. The highest BCUT2D eigenvalue weighted by Crippen LogP contribution is 2.49. The van der Waals surface area contributed by atoms with Gasteiger partial charge >= 0.3 is 0 Å². The lowest BCUT2D eigenvalue weighted by Crippen LogP contribution is -2.47. The molecule has 4 heterocycles. The summed E-state index contributed by atoms with van der Waals surface area (Å²) < 4.78 is 2.59. The summed E-state index contributed by atoms with van der Waals surface area (Å²) in [7, 11) is 0. The molecule has 0 radical (unpaired) electrons. The fourth-order valence-electron chi connectivity index (χ4n) is 5.09. The zero-order valence-electron chi connectivity index (χ0n) is 19.2. The Morgan fingerprint density at radius 1 is 1.00 bits per heavy atom. The largest absolute Gasteiger partial charge is 0.338 e. The third kappa shape index (κ3) is 3.73. The second kappa shape index (κ2) is 10.7. The number of aromatic nitrogens is 1. The van der Waals surface area contributed by atoms with Crippen LogP contribution in [0.15, 0.2) is 41.6 Å². The normalized spacial score (nSPS) is 21.6. The van der Waals surface area contributed by atoms with E-state index in [1.165, 1.54) is 48.8 Å². The highest BCUT2D eigenvalue weighted by Gasteiger charge is 2.43. The van der Waals surface area contributed by atoms with Gasteiger partial charge in [-0.2, -0.15) is 0 Å². The minimum absolute atomic E-state index is 0.598. The van der Waals surface area contributed by atoms with E-state index in [4.69, 9.17) is 0 Å². The number of hydrogen-bond donors (Lipinski definition) is 0. The van der Waals surface area contributed by atoms with Crippen molar-refractivity contribution in [2.24, 2.45) is 5.92 Å². The summed E-state index contributed by atoms with van der Waals surface area (Å²) in [5, 5.41) is 1.49. The summed E-state index contributed by atoms with van der Waals surface area (Å²) in [6, 6.07) is 9.59. The Morgan fingerprint density at radius 3 is 2.43 bits per heavy atom. The lowest BCUT2D eigenvalue weighted by atomic mass is 9.76. The molecule has 5 rings (SSSR count). The number of hydrogen-bond acceptors (Lipinski definition) is 1. The number of para-hydroxylation sites is 1. The second-order valence-electron chi connectivity index (χ2n) is 6.90. The molecule has 0 saturated carbocycles. The lowest BCUT2D eigenvalue weighted by molar-refractivity contribution is 0.0829. The van der Waals surface area contributed by atoms with Crippen LogP contribution >= 0.6 is 0 Å². The first-order valence-electron chi connectivity index (χ1n) is 11.6. The van der Waals surface area contributed by atoms with Crippen LogP contribution in [0.5, 0.6) is 0 Å². The van der Waals surface area contributed by atoms with Crippen LogP contribution in [0.1, 0.15) is 78.6 Å². The van der Waals surface area contributed by atoms with Crippen molar-refractivity contribution in [3.05, 3.63) is 52.9 Å². The van der Waals surface area contributed by atoms with E-state index in [1.807, 2.05) is 41.5 Å². The molecule has 1 aromatic heterocycles. The summed E-state index contributed by atoms with van der Waals surface area (Å²) >= 11 is 0. The van der Waals surface area contributed by atoms with Crippen LogP contribution in [0, 0.1) is 5.92 Å². The number of benzene rings is 1. The van der Waals surface area contributed by atoms with Gasteiger partial charge in [0.25, 0.3) is 0 Å². The van der Waals surface area contributed by atoms with Gasteiger partial charge in [-0.15, -0.1) is 5.73 Å². The molecular weight excluding hydrogens is 340 g/mol. The molecule has 1 saturated heterocycles. The predicted molar refractivity (Wildman–Crippen MR) is 124 cm³/mol. The van der Waals surface area contributed by atoms with Crippen molar-refractivity contribution in [1.29, 1.82) is 0 Å². The number of piperidine rings is 1. The molecule has 2 atom stereocenters. The zero-order chi connectivity index (χ0) is 20.7. The Balaban J connectivity index is 0.000000430. The summed E-state index contributed by atoms with van der Waals surface area (Å²) in [6.45, 7) is 17.6. The molecule has 2 heteroatoms. The first-order chi connectivity index (χ1) is 13.9. The Morgan fingerprint density at radius 2 is 1.71 bits per heavy atom. The molecule has 3 aliphatic rings. The minimum Gasteiger partial charge on any atom is -0.338 e. The van der Waals surface area contributed by atoms with Gasteiger partial charge in [0, 0.05) is 29.1 Å². The van der Waals surface area contributed by atoms with Crippen molar-refractivity contribution in [3.8, 4) is 0 Å². The first-order valence-corrected chi connectivity index (χ1v) is 11.6. The zero-order valence-corrected chi connectivity index (χ0v) is 19.2. The molecule has 0 spiro atoms. The molecule has 3 aliphatic heterocycles. The van der Waals surface area contributed by atoms with E-state index in [1.54, 1.807) is 11.3 Å². The summed E-state index contributed by atoms with van der Waals surface area (Å²) in [5.74, 6) is 0.681. The van der Waals surface area contributed by atoms with Gasteiger partial charge in [0.05, 0.1) is 12.6 Å². The van der Waals surface area contributed by atoms with Crippen molar-refractivity contribution in [1.82, 2.24) is 9.47 Å². The molecule has 2 unspecified atom stereocenters. The van der Waals surface area contributed by atoms with Gasteiger partial charge in [0.15, 0.2) is 0 Å². The van der Waals surface area contributed by atoms with Crippen LogP contribution in [0.3, 0.4) is 0 Å². The van der Waals surface area contributed by atoms with E-state index < -0.39 is 0 Å². The Bertz CT molecular complexity index is 820. The van der Waals surface area contributed by atoms with Crippen LogP contribution in [-0.2, 0) is 13.0 Å². The Labute approximate surface area is 172 Å². The van der Waals surface area contributed by atoms with E-state index in [2.05, 4.69) is 52.5 Å². The van der Waals surface area contributed by atoms with Gasteiger partial charge in [0.2, 0.25) is 0 Å². The van der Waals surface area contributed by atoms with Crippen molar-refractivity contribution in [2.45, 2.75) is 80.3 Å². The van der Waals surface area contributed by atoms with Crippen LogP contribution in [0.25, 0.3) is 10.9 Å². The van der Waals surface area contributed by atoms with Gasteiger partial charge in [-0.3, -0.25) is 4.90 Å². The Hall–Kier alpha value is -1.76. The molecule has 2 nitrogen and oxygen atoms in total. The van der Waals surface area contributed by atoms with Gasteiger partial charge in [-0.1, -0.05) is 59.7 Å². The van der Waals surface area contributed by atoms with Crippen LogP contribution in [-0.4, -0.2) is 22.6 Å². The van der Waals surface area contributed by atoms with Gasteiger partial charge in [-0.25, -0.2) is 0 Å². The van der Waals surface area contributed by atoms with Gasteiger partial charge in [0.1, 0.15) is 0 Å². The van der Waals surface area contributed by atoms with Crippen molar-refractivity contribution >= 4 is 10.9 Å². The maximum Gasteiger partial charge on any atom is 0.0576 e. The molecule has 0 N–H and O–H groups in total. The number of rotatable bonds is 0. The second-order valence-corrected chi connectivity index (χ2v) is 6.90. The summed E-state index contributed by atoms with van der Waals surface area (Å²) in [6.07, 6.45) is 5.99. The van der Waals surface area contributed by atoms with E-state index >= 15 is 0 Å². The Kier molecular flexibility index (Phi) is 8.60. The standard InChI is InChI=1S/C20H22N2.3C2H6/c1-2-6-14-13-22-18-9-4-3-7-16(18)17-10-12-21-11-5-8-15(14)19(21)20(17)22;3*1-2/h2-4,7,9,15,19H,5,8,10-13H2,1H3;3*1-2H3. The molecule has 1 fully saturated rings. The van der Waals surface area contributed by atoms with Gasteiger partial charge in [-0.05, 0) is 56.0 Å². The van der Waals surface area contributed by atoms with E-state index in [-0.39, 0.29) is 0 Å². The third-order valence-corrected chi connectivity index (χ3v) is 5.89. The monoisotopic (exact) mass is 380 g/mol. The van der Waals surface area contributed by atoms with Crippen molar-refractivity contribution < 1.29 is 0 Å². The molecule has 154 valence electrons. The number of nitrogens with zero attached hydrogens (tertiary/aromatic N) is 2. The average molecular weight is 381 g/mol.